The predicted octanol–water partition coefficient (Wildman–Crippen LogP) is 2.26. The summed E-state index contributed by atoms with van der Waals surface area (Å²) in [5.74, 6) is 0. The van der Waals surface area contributed by atoms with Crippen LogP contribution in [0.4, 0.5) is 0 Å². The number of rotatable bonds is 5. The Morgan fingerprint density at radius 2 is 2.07 bits per heavy atom. The van der Waals surface area contributed by atoms with E-state index in [1.165, 1.54) is 11.4 Å². The number of nitrogens with one attached hydrogen (secondary N) is 1. The van der Waals surface area contributed by atoms with Crippen molar-refractivity contribution in [3.05, 3.63) is 17.5 Å². The van der Waals surface area contributed by atoms with Gasteiger partial charge < -0.3 is 5.32 Å². The van der Waals surface area contributed by atoms with Gasteiger partial charge in [-0.2, -0.15) is 5.10 Å². The van der Waals surface area contributed by atoms with Gasteiger partial charge in [-0.05, 0) is 32.8 Å². The lowest BCUT2D eigenvalue weighted by molar-refractivity contribution is 0.369. The van der Waals surface area contributed by atoms with Gasteiger partial charge in [0.1, 0.15) is 0 Å². The number of aromatic nitrogens is 2. The first-order valence-corrected chi connectivity index (χ1v) is 5.75. The molecule has 0 saturated heterocycles. The van der Waals surface area contributed by atoms with E-state index in [2.05, 4.69) is 44.2 Å². The molecule has 1 aromatic rings. The van der Waals surface area contributed by atoms with Gasteiger partial charge in [0.15, 0.2) is 0 Å². The lowest BCUT2D eigenvalue weighted by atomic mass is 10.0. The Balaban J connectivity index is 2.61. The summed E-state index contributed by atoms with van der Waals surface area (Å²) >= 11 is 0. The van der Waals surface area contributed by atoms with E-state index in [1.807, 2.05) is 11.7 Å². The summed E-state index contributed by atoms with van der Waals surface area (Å²) in [6.45, 7) is 9.68. The Hall–Kier alpha value is -0.830. The molecule has 1 heterocycles. The molecule has 0 unspecified atom stereocenters. The van der Waals surface area contributed by atoms with Crippen molar-refractivity contribution in [3.8, 4) is 0 Å². The summed E-state index contributed by atoms with van der Waals surface area (Å²) in [7, 11) is 2.01. The van der Waals surface area contributed by atoms with Crippen LogP contribution in [0, 0.1) is 0 Å². The maximum Gasteiger partial charge on any atom is 0.0625 e. The molecule has 3 nitrogen and oxygen atoms in total. The molecule has 0 aliphatic heterocycles. The molecular weight excluding hydrogens is 186 g/mol. The minimum absolute atomic E-state index is 0.205. The van der Waals surface area contributed by atoms with E-state index in [-0.39, 0.29) is 5.54 Å². The molecule has 0 saturated carbocycles. The minimum Gasteiger partial charge on any atom is -0.306 e. The van der Waals surface area contributed by atoms with Gasteiger partial charge >= 0.3 is 0 Å². The highest BCUT2D eigenvalue weighted by atomic mass is 15.3. The van der Waals surface area contributed by atoms with Crippen LogP contribution < -0.4 is 5.32 Å². The maximum absolute atomic E-state index is 4.43. The third-order valence-corrected chi connectivity index (χ3v) is 3.02. The van der Waals surface area contributed by atoms with Crippen molar-refractivity contribution in [3.63, 3.8) is 0 Å². The molecule has 3 heteroatoms. The van der Waals surface area contributed by atoms with Crippen molar-refractivity contribution in [2.45, 2.75) is 52.6 Å². The van der Waals surface area contributed by atoms with Gasteiger partial charge in [-0.15, -0.1) is 0 Å². The molecule has 1 rings (SSSR count). The van der Waals surface area contributed by atoms with Crippen molar-refractivity contribution in [2.75, 3.05) is 0 Å². The van der Waals surface area contributed by atoms with Crippen LogP contribution in [0.1, 0.15) is 45.5 Å². The smallest absolute Gasteiger partial charge is 0.0625 e. The fourth-order valence-corrected chi connectivity index (χ4v) is 1.36. The number of aryl methyl sites for hydroxylation is 2. The Morgan fingerprint density at radius 3 is 2.53 bits per heavy atom. The monoisotopic (exact) mass is 209 g/mol. The second-order valence-electron chi connectivity index (χ2n) is 4.70. The topological polar surface area (TPSA) is 29.9 Å². The zero-order chi connectivity index (χ0) is 11.5. The summed E-state index contributed by atoms with van der Waals surface area (Å²) in [6, 6.07) is 2.18. The molecule has 0 bridgehead atoms. The number of hydrogen-bond donors (Lipinski definition) is 1. The van der Waals surface area contributed by atoms with Crippen molar-refractivity contribution in [2.24, 2.45) is 7.05 Å². The van der Waals surface area contributed by atoms with Crippen LogP contribution in [0.2, 0.25) is 0 Å². The van der Waals surface area contributed by atoms with E-state index < -0.39 is 0 Å². The van der Waals surface area contributed by atoms with Gasteiger partial charge in [0, 0.05) is 19.1 Å². The van der Waals surface area contributed by atoms with E-state index >= 15 is 0 Å². The highest BCUT2D eigenvalue weighted by Gasteiger charge is 2.14. The average Bonchev–Trinajstić information content (AvgIpc) is 2.57. The van der Waals surface area contributed by atoms with Crippen LogP contribution in [-0.2, 0) is 20.0 Å². The summed E-state index contributed by atoms with van der Waals surface area (Å²) in [5, 5.41) is 7.97. The zero-order valence-electron chi connectivity index (χ0n) is 10.6. The van der Waals surface area contributed by atoms with Crippen LogP contribution in [0.5, 0.6) is 0 Å². The van der Waals surface area contributed by atoms with Crippen molar-refractivity contribution in [1.29, 1.82) is 0 Å². The first-order valence-electron chi connectivity index (χ1n) is 5.75. The van der Waals surface area contributed by atoms with E-state index in [0.29, 0.717) is 0 Å². The summed E-state index contributed by atoms with van der Waals surface area (Å²) in [6.07, 6.45) is 2.14. The molecule has 0 aromatic carbocycles. The van der Waals surface area contributed by atoms with Crippen LogP contribution >= 0.6 is 0 Å². The second kappa shape index (κ2) is 4.79. The molecule has 15 heavy (non-hydrogen) atoms. The van der Waals surface area contributed by atoms with Crippen LogP contribution in [0.3, 0.4) is 0 Å². The van der Waals surface area contributed by atoms with E-state index in [1.54, 1.807) is 0 Å². The van der Waals surface area contributed by atoms with Crippen LogP contribution in [0.25, 0.3) is 0 Å². The van der Waals surface area contributed by atoms with E-state index in [9.17, 15) is 0 Å². The molecule has 0 radical (unpaired) electrons. The third-order valence-electron chi connectivity index (χ3n) is 3.02. The first kappa shape index (κ1) is 12.2. The fraction of sp³-hybridized carbons (Fsp3) is 0.750. The molecule has 0 fully saturated rings. The van der Waals surface area contributed by atoms with E-state index in [4.69, 9.17) is 0 Å². The highest BCUT2D eigenvalue weighted by molar-refractivity contribution is 5.10. The fourth-order valence-electron chi connectivity index (χ4n) is 1.36. The summed E-state index contributed by atoms with van der Waals surface area (Å²) in [4.78, 5) is 0. The molecule has 1 N–H and O–H groups in total. The Morgan fingerprint density at radius 1 is 1.40 bits per heavy atom. The molecule has 86 valence electrons. The van der Waals surface area contributed by atoms with Crippen molar-refractivity contribution >= 4 is 0 Å². The second-order valence-corrected chi connectivity index (χ2v) is 4.70. The molecule has 0 spiro atoms. The molecule has 1 aromatic heterocycles. The maximum atomic E-state index is 4.43. The quantitative estimate of drug-likeness (QED) is 0.806. The molecule has 0 aliphatic rings. The third kappa shape index (κ3) is 3.34. The van der Waals surface area contributed by atoms with Gasteiger partial charge in [-0.1, -0.05) is 13.8 Å². The summed E-state index contributed by atoms with van der Waals surface area (Å²) in [5.41, 5.74) is 2.63. The largest absolute Gasteiger partial charge is 0.306 e. The van der Waals surface area contributed by atoms with Gasteiger partial charge in [0.25, 0.3) is 0 Å². The minimum atomic E-state index is 0.205. The lowest BCUT2D eigenvalue weighted by Crippen LogP contribution is -2.38. The first-order chi connectivity index (χ1) is 6.98. The molecule has 0 aliphatic carbocycles. The Labute approximate surface area is 92.9 Å². The summed E-state index contributed by atoms with van der Waals surface area (Å²) < 4.78 is 1.97. The average molecular weight is 209 g/mol. The normalized spacial score (nSPS) is 12.1. The number of nitrogens with zero attached hydrogens (tertiary/aromatic N) is 2. The van der Waals surface area contributed by atoms with Crippen LogP contribution in [0.15, 0.2) is 6.07 Å². The van der Waals surface area contributed by atoms with Gasteiger partial charge in [-0.3, -0.25) is 4.68 Å². The molecular formula is C12H23N3. The standard InChI is InChI=1S/C12H23N3/c1-6-10-8-11(15(5)14-10)9-13-12(3,4)7-2/h8,13H,6-7,9H2,1-5H3. The van der Waals surface area contributed by atoms with Crippen molar-refractivity contribution < 1.29 is 0 Å². The lowest BCUT2D eigenvalue weighted by Gasteiger charge is -2.24. The van der Waals surface area contributed by atoms with Gasteiger partial charge in [0.05, 0.1) is 11.4 Å². The molecule has 0 amide bonds. The highest BCUT2D eigenvalue weighted by Crippen LogP contribution is 2.10. The Bertz CT molecular complexity index is 313. The number of hydrogen-bond acceptors (Lipinski definition) is 2. The van der Waals surface area contributed by atoms with Crippen LogP contribution in [-0.4, -0.2) is 15.3 Å². The van der Waals surface area contributed by atoms with Gasteiger partial charge in [0.2, 0.25) is 0 Å². The van der Waals surface area contributed by atoms with E-state index in [0.717, 1.165) is 19.4 Å². The van der Waals surface area contributed by atoms with Crippen molar-refractivity contribution in [1.82, 2.24) is 15.1 Å². The Kier molecular flexibility index (Phi) is 3.91. The molecule has 0 atom stereocenters. The van der Waals surface area contributed by atoms with Gasteiger partial charge in [-0.25, -0.2) is 0 Å². The SMILES string of the molecule is CCc1cc(CNC(C)(C)CC)n(C)n1. The zero-order valence-corrected chi connectivity index (χ0v) is 10.6. The predicted molar refractivity (Wildman–Crippen MR) is 63.8 cm³/mol.